The predicted molar refractivity (Wildman–Crippen MR) is 69.8 cm³/mol. The topological polar surface area (TPSA) is 71.3 Å². The van der Waals surface area contributed by atoms with E-state index < -0.39 is 4.92 Å². The summed E-state index contributed by atoms with van der Waals surface area (Å²) in [6.07, 6.45) is 3.63. The molecule has 0 spiro atoms. The highest BCUT2D eigenvalue weighted by molar-refractivity contribution is 5.44. The Morgan fingerprint density at radius 3 is 2.94 bits per heavy atom. The van der Waals surface area contributed by atoms with E-state index in [1.54, 1.807) is 6.07 Å². The number of piperidine rings is 1. The maximum absolute atomic E-state index is 10.6. The molecule has 2 rings (SSSR count). The van der Waals surface area contributed by atoms with Crippen molar-refractivity contribution in [3.05, 3.63) is 28.4 Å². The first kappa shape index (κ1) is 12.8. The molecule has 98 valence electrons. The van der Waals surface area contributed by atoms with Gasteiger partial charge in [0.1, 0.15) is 12.0 Å². The molecule has 0 aromatic carbocycles. The van der Waals surface area contributed by atoms with Gasteiger partial charge in [0, 0.05) is 25.2 Å². The second-order valence-electron chi connectivity index (χ2n) is 4.42. The Bertz CT molecular complexity index is 401. The fourth-order valence-electron chi connectivity index (χ4n) is 2.36. The monoisotopic (exact) mass is 250 g/mol. The molecule has 1 saturated heterocycles. The second kappa shape index (κ2) is 5.77. The van der Waals surface area contributed by atoms with Crippen LogP contribution in [0.3, 0.4) is 0 Å². The van der Waals surface area contributed by atoms with Gasteiger partial charge >= 0.3 is 0 Å². The Hall–Kier alpha value is -1.69. The lowest BCUT2D eigenvalue weighted by Crippen LogP contribution is -2.46. The van der Waals surface area contributed by atoms with Crippen LogP contribution < -0.4 is 10.2 Å². The Morgan fingerprint density at radius 1 is 1.61 bits per heavy atom. The summed E-state index contributed by atoms with van der Waals surface area (Å²) < 4.78 is 0. The largest absolute Gasteiger partial charge is 0.353 e. The van der Waals surface area contributed by atoms with Crippen LogP contribution in [-0.4, -0.2) is 35.6 Å². The van der Waals surface area contributed by atoms with E-state index >= 15 is 0 Å². The third-order valence-electron chi connectivity index (χ3n) is 3.29. The standard InChI is InChI=1S/C12H18N4O2/c1-2-15(10-4-3-7-13-8-10)12-6-5-11(9-14-12)16(17)18/h5-6,9-10,13H,2-4,7-8H2,1H3. The van der Waals surface area contributed by atoms with Gasteiger partial charge in [0.2, 0.25) is 0 Å². The number of likely N-dealkylation sites (N-methyl/N-ethyl adjacent to an activating group) is 1. The van der Waals surface area contributed by atoms with Crippen molar-refractivity contribution >= 4 is 11.5 Å². The Balaban J connectivity index is 2.13. The van der Waals surface area contributed by atoms with Gasteiger partial charge in [-0.25, -0.2) is 4.98 Å². The van der Waals surface area contributed by atoms with Crippen LogP contribution in [0.15, 0.2) is 18.3 Å². The highest BCUT2D eigenvalue weighted by Crippen LogP contribution is 2.20. The van der Waals surface area contributed by atoms with Crippen molar-refractivity contribution in [3.8, 4) is 0 Å². The zero-order chi connectivity index (χ0) is 13.0. The number of rotatable bonds is 4. The van der Waals surface area contributed by atoms with Gasteiger partial charge in [0.25, 0.3) is 5.69 Å². The van der Waals surface area contributed by atoms with Gasteiger partial charge in [-0.1, -0.05) is 0 Å². The van der Waals surface area contributed by atoms with Gasteiger partial charge in [-0.3, -0.25) is 10.1 Å². The minimum absolute atomic E-state index is 0.0385. The Morgan fingerprint density at radius 2 is 2.44 bits per heavy atom. The summed E-state index contributed by atoms with van der Waals surface area (Å²) in [7, 11) is 0. The molecule has 1 fully saturated rings. The quantitative estimate of drug-likeness (QED) is 0.648. The van der Waals surface area contributed by atoms with E-state index in [1.807, 2.05) is 0 Å². The fourth-order valence-corrected chi connectivity index (χ4v) is 2.36. The lowest BCUT2D eigenvalue weighted by atomic mass is 10.1. The molecule has 2 heterocycles. The molecule has 1 aliphatic rings. The van der Waals surface area contributed by atoms with Crippen molar-refractivity contribution in [2.24, 2.45) is 0 Å². The minimum Gasteiger partial charge on any atom is -0.353 e. The second-order valence-corrected chi connectivity index (χ2v) is 4.42. The number of nitrogens with zero attached hydrogens (tertiary/aromatic N) is 3. The number of hydrogen-bond donors (Lipinski definition) is 1. The number of nitro groups is 1. The predicted octanol–water partition coefficient (Wildman–Crippen LogP) is 1.57. The van der Waals surface area contributed by atoms with Crippen molar-refractivity contribution in [1.82, 2.24) is 10.3 Å². The van der Waals surface area contributed by atoms with E-state index in [4.69, 9.17) is 0 Å². The van der Waals surface area contributed by atoms with E-state index in [0.717, 1.165) is 38.3 Å². The highest BCUT2D eigenvalue weighted by Gasteiger charge is 2.21. The van der Waals surface area contributed by atoms with Gasteiger partial charge in [0.15, 0.2) is 0 Å². The van der Waals surface area contributed by atoms with Gasteiger partial charge in [-0.05, 0) is 32.4 Å². The summed E-state index contributed by atoms with van der Waals surface area (Å²) >= 11 is 0. The van der Waals surface area contributed by atoms with Crippen molar-refractivity contribution in [2.75, 3.05) is 24.5 Å². The van der Waals surface area contributed by atoms with Gasteiger partial charge in [0.05, 0.1) is 4.92 Å². The van der Waals surface area contributed by atoms with Crippen LogP contribution in [0, 0.1) is 10.1 Å². The molecule has 0 radical (unpaired) electrons. The third-order valence-corrected chi connectivity index (χ3v) is 3.29. The van der Waals surface area contributed by atoms with E-state index in [9.17, 15) is 10.1 Å². The first-order valence-corrected chi connectivity index (χ1v) is 6.30. The van der Waals surface area contributed by atoms with E-state index in [1.165, 1.54) is 12.3 Å². The summed E-state index contributed by atoms with van der Waals surface area (Å²) in [5, 5.41) is 14.0. The van der Waals surface area contributed by atoms with Crippen LogP contribution in [0.1, 0.15) is 19.8 Å². The number of hydrogen-bond acceptors (Lipinski definition) is 5. The molecular weight excluding hydrogens is 232 g/mol. The van der Waals surface area contributed by atoms with Gasteiger partial charge in [-0.15, -0.1) is 0 Å². The van der Waals surface area contributed by atoms with E-state index in [0.29, 0.717) is 6.04 Å². The van der Waals surface area contributed by atoms with E-state index in [2.05, 4.69) is 22.1 Å². The minimum atomic E-state index is -0.421. The van der Waals surface area contributed by atoms with Crippen molar-refractivity contribution < 1.29 is 4.92 Å². The normalized spacial score (nSPS) is 19.5. The van der Waals surface area contributed by atoms with Gasteiger partial charge in [-0.2, -0.15) is 0 Å². The first-order chi connectivity index (χ1) is 8.72. The maximum atomic E-state index is 10.6. The Labute approximate surface area is 106 Å². The molecule has 6 heteroatoms. The molecule has 1 aromatic rings. The molecule has 1 unspecified atom stereocenters. The summed E-state index contributed by atoms with van der Waals surface area (Å²) in [5.41, 5.74) is 0.0385. The number of aromatic nitrogens is 1. The van der Waals surface area contributed by atoms with Crippen LogP contribution in [0.5, 0.6) is 0 Å². The number of nitrogens with one attached hydrogen (secondary N) is 1. The molecule has 18 heavy (non-hydrogen) atoms. The summed E-state index contributed by atoms with van der Waals surface area (Å²) in [6.45, 7) is 4.96. The molecule has 1 aliphatic heterocycles. The van der Waals surface area contributed by atoms with Gasteiger partial charge < -0.3 is 10.2 Å². The fraction of sp³-hybridized carbons (Fsp3) is 0.583. The molecule has 0 aliphatic carbocycles. The zero-order valence-corrected chi connectivity index (χ0v) is 10.5. The SMILES string of the molecule is CCN(c1ccc([N+](=O)[O-])cn1)C1CCCNC1. The Kier molecular flexibility index (Phi) is 4.09. The van der Waals surface area contributed by atoms with Crippen LogP contribution in [0.2, 0.25) is 0 Å². The van der Waals surface area contributed by atoms with E-state index in [-0.39, 0.29) is 5.69 Å². The van der Waals surface area contributed by atoms with Crippen molar-refractivity contribution in [2.45, 2.75) is 25.8 Å². The molecule has 0 amide bonds. The van der Waals surface area contributed by atoms with Crippen LogP contribution in [0.25, 0.3) is 0 Å². The highest BCUT2D eigenvalue weighted by atomic mass is 16.6. The van der Waals surface area contributed by atoms with Crippen molar-refractivity contribution in [3.63, 3.8) is 0 Å². The maximum Gasteiger partial charge on any atom is 0.287 e. The summed E-state index contributed by atoms with van der Waals surface area (Å²) in [5.74, 6) is 0.816. The number of pyridine rings is 1. The molecule has 0 saturated carbocycles. The molecule has 6 nitrogen and oxygen atoms in total. The third kappa shape index (κ3) is 2.76. The van der Waals surface area contributed by atoms with Crippen LogP contribution in [0.4, 0.5) is 11.5 Å². The smallest absolute Gasteiger partial charge is 0.287 e. The molecular formula is C12H18N4O2. The first-order valence-electron chi connectivity index (χ1n) is 6.30. The average Bonchev–Trinajstić information content (AvgIpc) is 2.41. The average molecular weight is 250 g/mol. The summed E-state index contributed by atoms with van der Waals surface area (Å²) in [6, 6.07) is 3.68. The molecule has 1 N–H and O–H groups in total. The zero-order valence-electron chi connectivity index (χ0n) is 10.5. The molecule has 1 aromatic heterocycles. The molecule has 1 atom stereocenters. The number of anilines is 1. The van der Waals surface area contributed by atoms with Crippen LogP contribution >= 0.6 is 0 Å². The summed E-state index contributed by atoms with van der Waals surface area (Å²) in [4.78, 5) is 16.6. The lowest BCUT2D eigenvalue weighted by Gasteiger charge is -2.34. The van der Waals surface area contributed by atoms with Crippen LogP contribution in [-0.2, 0) is 0 Å². The molecule has 0 bridgehead atoms. The van der Waals surface area contributed by atoms with Crippen molar-refractivity contribution in [1.29, 1.82) is 0 Å². The lowest BCUT2D eigenvalue weighted by molar-refractivity contribution is -0.385.